The number of esters is 1. The van der Waals surface area contributed by atoms with E-state index < -0.39 is 22.1 Å². The molecule has 0 spiro atoms. The fraction of sp³-hybridized carbons (Fsp3) is 0.556. The minimum absolute atomic E-state index is 0.00346. The van der Waals surface area contributed by atoms with Crippen LogP contribution in [0.4, 0.5) is 0 Å². The van der Waals surface area contributed by atoms with Gasteiger partial charge in [-0.05, 0) is 38.0 Å². The molecule has 1 aromatic rings. The number of amides is 1. The van der Waals surface area contributed by atoms with Gasteiger partial charge in [0, 0.05) is 20.1 Å². The van der Waals surface area contributed by atoms with Crippen molar-refractivity contribution in [3.8, 4) is 0 Å². The maximum atomic E-state index is 12.3. The first-order chi connectivity index (χ1) is 12.2. The number of benzene rings is 1. The zero-order chi connectivity index (χ0) is 19.3. The number of nitrogens with one attached hydrogen (secondary N) is 1. The number of rotatable bonds is 6. The third-order valence-electron chi connectivity index (χ3n) is 4.45. The topological polar surface area (TPSA) is 92.8 Å². The van der Waals surface area contributed by atoms with Crippen LogP contribution in [-0.2, 0) is 19.6 Å². The van der Waals surface area contributed by atoms with Crippen molar-refractivity contribution >= 4 is 21.9 Å². The maximum Gasteiger partial charge on any atom is 0.338 e. The van der Waals surface area contributed by atoms with E-state index in [-0.39, 0.29) is 22.4 Å². The van der Waals surface area contributed by atoms with Gasteiger partial charge in [-0.1, -0.05) is 25.3 Å². The zero-order valence-electron chi connectivity index (χ0n) is 15.4. The molecule has 1 saturated carbocycles. The Balaban J connectivity index is 2.01. The molecule has 7 nitrogen and oxygen atoms in total. The molecule has 144 valence electrons. The first kappa shape index (κ1) is 20.4. The van der Waals surface area contributed by atoms with Crippen molar-refractivity contribution in [2.24, 2.45) is 0 Å². The van der Waals surface area contributed by atoms with Crippen molar-refractivity contribution < 1.29 is 22.7 Å². The Bertz CT molecular complexity index is 755. The van der Waals surface area contributed by atoms with E-state index in [9.17, 15) is 18.0 Å². The highest BCUT2D eigenvalue weighted by atomic mass is 32.2. The molecule has 2 rings (SSSR count). The second-order valence-corrected chi connectivity index (χ2v) is 8.86. The Morgan fingerprint density at radius 3 is 2.46 bits per heavy atom. The Hall–Kier alpha value is -1.93. The van der Waals surface area contributed by atoms with Crippen LogP contribution in [0.15, 0.2) is 29.2 Å². The number of hydrogen-bond acceptors (Lipinski definition) is 5. The van der Waals surface area contributed by atoms with Gasteiger partial charge < -0.3 is 10.1 Å². The lowest BCUT2D eigenvalue weighted by Gasteiger charge is -2.24. The smallest absolute Gasteiger partial charge is 0.338 e. The molecule has 1 aliphatic rings. The van der Waals surface area contributed by atoms with Crippen LogP contribution in [-0.4, -0.2) is 50.8 Å². The molecular weight excluding hydrogens is 356 g/mol. The lowest BCUT2D eigenvalue weighted by Crippen LogP contribution is -2.42. The molecule has 1 fully saturated rings. The highest BCUT2D eigenvalue weighted by molar-refractivity contribution is 7.89. The summed E-state index contributed by atoms with van der Waals surface area (Å²) in [4.78, 5) is 24.5. The van der Waals surface area contributed by atoms with Crippen molar-refractivity contribution in [1.82, 2.24) is 9.62 Å². The summed E-state index contributed by atoms with van der Waals surface area (Å²) in [5.41, 5.74) is 0.0882. The molecule has 1 amide bonds. The summed E-state index contributed by atoms with van der Waals surface area (Å²) in [7, 11) is -0.821. The van der Waals surface area contributed by atoms with Gasteiger partial charge in [-0.15, -0.1) is 0 Å². The monoisotopic (exact) mass is 382 g/mol. The highest BCUT2D eigenvalue weighted by Crippen LogP contribution is 2.18. The number of carbonyl (C=O) groups excluding carboxylic acids is 2. The second kappa shape index (κ2) is 8.64. The summed E-state index contributed by atoms with van der Waals surface area (Å²) in [6, 6.07) is 5.73. The van der Waals surface area contributed by atoms with E-state index in [1.165, 1.54) is 51.7 Å². The molecule has 26 heavy (non-hydrogen) atoms. The van der Waals surface area contributed by atoms with Gasteiger partial charge in [-0.25, -0.2) is 17.5 Å². The largest absolute Gasteiger partial charge is 0.449 e. The third-order valence-corrected chi connectivity index (χ3v) is 6.26. The zero-order valence-corrected chi connectivity index (χ0v) is 16.2. The van der Waals surface area contributed by atoms with Gasteiger partial charge in [-0.3, -0.25) is 4.79 Å². The molecule has 1 atom stereocenters. The molecule has 1 aromatic carbocycles. The summed E-state index contributed by atoms with van der Waals surface area (Å²) in [5, 5.41) is 2.91. The first-order valence-electron chi connectivity index (χ1n) is 8.76. The van der Waals surface area contributed by atoms with Gasteiger partial charge in [0.25, 0.3) is 5.91 Å². The first-order valence-corrected chi connectivity index (χ1v) is 10.2. The van der Waals surface area contributed by atoms with Crippen molar-refractivity contribution in [2.75, 3.05) is 14.1 Å². The number of nitrogens with zero attached hydrogens (tertiary/aromatic N) is 1. The van der Waals surface area contributed by atoms with Gasteiger partial charge in [0.2, 0.25) is 10.0 Å². The van der Waals surface area contributed by atoms with E-state index in [2.05, 4.69) is 5.32 Å². The quantitative estimate of drug-likeness (QED) is 0.759. The third kappa shape index (κ3) is 5.04. The summed E-state index contributed by atoms with van der Waals surface area (Å²) in [6.07, 6.45) is 4.30. The number of hydrogen-bond donors (Lipinski definition) is 1. The minimum atomic E-state index is -3.65. The number of carbonyl (C=O) groups is 2. The summed E-state index contributed by atoms with van der Waals surface area (Å²) in [5.74, 6) is -1.06. The molecule has 0 aliphatic heterocycles. The Morgan fingerprint density at radius 2 is 1.85 bits per heavy atom. The molecule has 0 bridgehead atoms. The number of sulfonamides is 1. The standard InChI is InChI=1S/C18H26N2O5S/c1-13(17(21)19-15-9-5-4-6-10-15)25-18(22)14-8-7-11-16(12-14)26(23,24)20(2)3/h7-8,11-13,15H,4-6,9-10H2,1-3H3,(H,19,21)/t13-/m0/s1. The van der Waals surface area contributed by atoms with Gasteiger partial charge >= 0.3 is 5.97 Å². The molecular formula is C18H26N2O5S. The maximum absolute atomic E-state index is 12.3. The van der Waals surface area contributed by atoms with Crippen LogP contribution in [0, 0.1) is 0 Å². The lowest BCUT2D eigenvalue weighted by molar-refractivity contribution is -0.130. The van der Waals surface area contributed by atoms with E-state index in [1.807, 2.05) is 0 Å². The molecule has 0 saturated heterocycles. The predicted molar refractivity (Wildman–Crippen MR) is 97.2 cm³/mol. The van der Waals surface area contributed by atoms with Crippen molar-refractivity contribution in [2.45, 2.75) is 56.1 Å². The summed E-state index contributed by atoms with van der Waals surface area (Å²) >= 11 is 0. The van der Waals surface area contributed by atoms with E-state index in [4.69, 9.17) is 4.74 Å². The molecule has 1 N–H and O–H groups in total. The molecule has 8 heteroatoms. The molecule has 1 aliphatic carbocycles. The van der Waals surface area contributed by atoms with Crippen LogP contribution in [0.3, 0.4) is 0 Å². The SMILES string of the molecule is C[C@H](OC(=O)c1cccc(S(=O)(=O)N(C)C)c1)C(=O)NC1CCCCC1. The van der Waals surface area contributed by atoms with Crippen molar-refractivity contribution in [1.29, 1.82) is 0 Å². The van der Waals surface area contributed by atoms with E-state index >= 15 is 0 Å². The van der Waals surface area contributed by atoms with Crippen LogP contribution < -0.4 is 5.32 Å². The van der Waals surface area contributed by atoms with E-state index in [0.717, 1.165) is 30.0 Å². The predicted octanol–water partition coefficient (Wildman–Crippen LogP) is 1.93. The average molecular weight is 382 g/mol. The fourth-order valence-corrected chi connectivity index (χ4v) is 3.79. The van der Waals surface area contributed by atoms with Gasteiger partial charge in [0.15, 0.2) is 6.10 Å². The Morgan fingerprint density at radius 1 is 1.19 bits per heavy atom. The van der Waals surface area contributed by atoms with E-state index in [0.29, 0.717) is 0 Å². The van der Waals surface area contributed by atoms with Gasteiger partial charge in [0.05, 0.1) is 10.5 Å². The van der Waals surface area contributed by atoms with Crippen LogP contribution in [0.1, 0.15) is 49.4 Å². The van der Waals surface area contributed by atoms with Crippen LogP contribution >= 0.6 is 0 Å². The fourth-order valence-electron chi connectivity index (χ4n) is 2.84. The summed E-state index contributed by atoms with van der Waals surface area (Å²) in [6.45, 7) is 1.51. The normalized spacial score (nSPS) is 16.9. The van der Waals surface area contributed by atoms with Crippen LogP contribution in [0.25, 0.3) is 0 Å². The van der Waals surface area contributed by atoms with E-state index in [1.54, 1.807) is 0 Å². The lowest BCUT2D eigenvalue weighted by atomic mass is 9.95. The summed E-state index contributed by atoms with van der Waals surface area (Å²) < 4.78 is 30.6. The van der Waals surface area contributed by atoms with Crippen LogP contribution in [0.2, 0.25) is 0 Å². The minimum Gasteiger partial charge on any atom is -0.449 e. The average Bonchev–Trinajstić information content (AvgIpc) is 2.62. The van der Waals surface area contributed by atoms with Crippen molar-refractivity contribution in [3.63, 3.8) is 0 Å². The van der Waals surface area contributed by atoms with Crippen molar-refractivity contribution in [3.05, 3.63) is 29.8 Å². The molecule has 0 radical (unpaired) electrons. The highest BCUT2D eigenvalue weighted by Gasteiger charge is 2.24. The molecule has 0 unspecified atom stereocenters. The van der Waals surface area contributed by atoms with Gasteiger partial charge in [0.1, 0.15) is 0 Å². The molecule has 0 heterocycles. The Kier molecular flexibility index (Phi) is 6.77. The van der Waals surface area contributed by atoms with Gasteiger partial charge in [-0.2, -0.15) is 0 Å². The van der Waals surface area contributed by atoms with Crippen LogP contribution in [0.5, 0.6) is 0 Å². The number of ether oxygens (including phenoxy) is 1. The Labute approximate surface area is 154 Å². The second-order valence-electron chi connectivity index (χ2n) is 6.71. The molecule has 0 aromatic heterocycles.